The molecule has 1 saturated carbocycles. The molecule has 1 fully saturated rings. The highest BCUT2D eigenvalue weighted by molar-refractivity contribution is 7.99. The summed E-state index contributed by atoms with van der Waals surface area (Å²) in [5, 5.41) is 9.63. The van der Waals surface area contributed by atoms with Gasteiger partial charge in [-0.05, 0) is 31.9 Å². The van der Waals surface area contributed by atoms with E-state index >= 15 is 0 Å². The molecule has 1 aliphatic carbocycles. The largest absolute Gasteiger partial charge is 0.479 e. The van der Waals surface area contributed by atoms with Crippen molar-refractivity contribution in [3.05, 3.63) is 0 Å². The van der Waals surface area contributed by atoms with Crippen molar-refractivity contribution in [1.29, 1.82) is 0 Å². The average Bonchev–Trinajstić information content (AvgIpc) is 2.69. The average molecular weight is 232 g/mol. The molecule has 0 aliphatic heterocycles. The predicted molar refractivity (Wildman–Crippen MR) is 62.4 cm³/mol. The minimum absolute atomic E-state index is 0.477. The number of hydrogen-bond acceptors (Lipinski definition) is 3. The maximum Gasteiger partial charge on any atom is 0.332 e. The van der Waals surface area contributed by atoms with Crippen molar-refractivity contribution in [2.45, 2.75) is 50.4 Å². The second kappa shape index (κ2) is 7.12. The second-order valence-corrected chi connectivity index (χ2v) is 5.26. The Kier molecular flexibility index (Phi) is 6.10. The summed E-state index contributed by atoms with van der Waals surface area (Å²) in [6.45, 7) is 2.31. The van der Waals surface area contributed by atoms with E-state index in [1.165, 1.54) is 25.7 Å². The van der Waals surface area contributed by atoms with Gasteiger partial charge in [-0.1, -0.05) is 12.8 Å². The minimum atomic E-state index is -0.830. The lowest BCUT2D eigenvalue weighted by Crippen LogP contribution is -2.24. The predicted octanol–water partition coefficient (Wildman–Crippen LogP) is 2.54. The van der Waals surface area contributed by atoms with Crippen LogP contribution in [0.2, 0.25) is 0 Å². The van der Waals surface area contributed by atoms with E-state index in [0.717, 1.165) is 11.0 Å². The molecule has 0 heterocycles. The quantitative estimate of drug-likeness (QED) is 0.732. The van der Waals surface area contributed by atoms with Gasteiger partial charge in [0.1, 0.15) is 0 Å². The summed E-state index contributed by atoms with van der Waals surface area (Å²) in [4.78, 5) is 10.8. The van der Waals surface area contributed by atoms with E-state index in [-0.39, 0.29) is 0 Å². The lowest BCUT2D eigenvalue weighted by atomic mass is 10.3. The molecule has 88 valence electrons. The Morgan fingerprint density at radius 1 is 1.53 bits per heavy atom. The fourth-order valence-electron chi connectivity index (χ4n) is 1.88. The second-order valence-electron chi connectivity index (χ2n) is 3.85. The molecule has 3 nitrogen and oxygen atoms in total. The molecule has 0 spiro atoms. The Balaban J connectivity index is 2.12. The van der Waals surface area contributed by atoms with Crippen LogP contribution in [0.4, 0.5) is 0 Å². The molecule has 0 radical (unpaired) electrons. The van der Waals surface area contributed by atoms with Gasteiger partial charge in [-0.3, -0.25) is 0 Å². The zero-order chi connectivity index (χ0) is 11.1. The summed E-state index contributed by atoms with van der Waals surface area (Å²) < 4.78 is 5.16. The summed E-state index contributed by atoms with van der Waals surface area (Å²) in [6, 6.07) is 0. The van der Waals surface area contributed by atoms with Crippen molar-refractivity contribution in [2.75, 3.05) is 12.4 Å². The van der Waals surface area contributed by atoms with Crippen LogP contribution in [0, 0.1) is 0 Å². The Morgan fingerprint density at radius 3 is 2.73 bits per heavy atom. The number of hydrogen-bond donors (Lipinski definition) is 1. The number of rotatable bonds is 7. The summed E-state index contributed by atoms with van der Waals surface area (Å²) in [5.74, 6) is 0.0746. The first-order chi connectivity index (χ1) is 7.24. The third-order valence-electron chi connectivity index (χ3n) is 2.68. The topological polar surface area (TPSA) is 46.5 Å². The first-order valence-electron chi connectivity index (χ1n) is 5.70. The van der Waals surface area contributed by atoms with Crippen LogP contribution in [0.25, 0.3) is 0 Å². The summed E-state index contributed by atoms with van der Waals surface area (Å²) in [5.41, 5.74) is 0. The molecule has 1 atom stereocenters. The van der Waals surface area contributed by atoms with Gasteiger partial charge >= 0.3 is 5.97 Å². The van der Waals surface area contributed by atoms with Gasteiger partial charge < -0.3 is 9.84 Å². The molecule has 0 aromatic rings. The van der Waals surface area contributed by atoms with Crippen molar-refractivity contribution in [2.24, 2.45) is 0 Å². The molecule has 0 bridgehead atoms. The minimum Gasteiger partial charge on any atom is -0.479 e. The van der Waals surface area contributed by atoms with E-state index in [2.05, 4.69) is 0 Å². The van der Waals surface area contributed by atoms with E-state index in [1.54, 1.807) is 0 Å². The molecule has 15 heavy (non-hydrogen) atoms. The van der Waals surface area contributed by atoms with Crippen LogP contribution >= 0.6 is 11.8 Å². The van der Waals surface area contributed by atoms with Crippen molar-refractivity contribution in [3.8, 4) is 0 Å². The lowest BCUT2D eigenvalue weighted by Gasteiger charge is -2.13. The van der Waals surface area contributed by atoms with Crippen LogP contribution in [0.1, 0.15) is 39.0 Å². The molecular formula is C11H20O3S. The Morgan fingerprint density at radius 2 is 2.20 bits per heavy atom. The highest BCUT2D eigenvalue weighted by Crippen LogP contribution is 2.29. The van der Waals surface area contributed by atoms with E-state index in [4.69, 9.17) is 9.84 Å². The molecule has 0 saturated heterocycles. The smallest absolute Gasteiger partial charge is 0.332 e. The zero-order valence-electron chi connectivity index (χ0n) is 9.28. The first-order valence-corrected chi connectivity index (χ1v) is 6.75. The number of aliphatic carboxylic acids is 1. The van der Waals surface area contributed by atoms with Gasteiger partial charge in [0, 0.05) is 11.9 Å². The van der Waals surface area contributed by atoms with Crippen molar-refractivity contribution in [1.82, 2.24) is 0 Å². The molecule has 1 aliphatic rings. The highest BCUT2D eigenvalue weighted by Gasteiger charge is 2.19. The summed E-state index contributed by atoms with van der Waals surface area (Å²) in [6.07, 6.45) is 5.30. The monoisotopic (exact) mass is 232 g/mol. The van der Waals surface area contributed by atoms with Gasteiger partial charge in [-0.2, -0.15) is 11.8 Å². The number of carboxylic acids is 1. The SMILES string of the molecule is CCOC(CCSC1CCCC1)C(=O)O. The highest BCUT2D eigenvalue weighted by atomic mass is 32.2. The van der Waals surface area contributed by atoms with E-state index < -0.39 is 12.1 Å². The van der Waals surface area contributed by atoms with Gasteiger partial charge in [0.15, 0.2) is 6.10 Å². The first kappa shape index (κ1) is 12.8. The molecule has 0 aromatic heterocycles. The zero-order valence-corrected chi connectivity index (χ0v) is 10.1. The lowest BCUT2D eigenvalue weighted by molar-refractivity contribution is -0.150. The van der Waals surface area contributed by atoms with Crippen molar-refractivity contribution in [3.63, 3.8) is 0 Å². The van der Waals surface area contributed by atoms with Crippen LogP contribution in [0.5, 0.6) is 0 Å². The van der Waals surface area contributed by atoms with Gasteiger partial charge in [-0.15, -0.1) is 0 Å². The third-order valence-corrected chi connectivity index (χ3v) is 4.09. The molecule has 1 N–H and O–H groups in total. The van der Waals surface area contributed by atoms with Crippen molar-refractivity contribution >= 4 is 17.7 Å². The van der Waals surface area contributed by atoms with Gasteiger partial charge in [0.05, 0.1) is 0 Å². The van der Waals surface area contributed by atoms with Gasteiger partial charge in [0.25, 0.3) is 0 Å². The fourth-order valence-corrected chi connectivity index (χ4v) is 3.23. The van der Waals surface area contributed by atoms with Crippen LogP contribution in [-0.4, -0.2) is 34.8 Å². The molecular weight excluding hydrogens is 212 g/mol. The molecule has 1 rings (SSSR count). The summed E-state index contributed by atoms with van der Waals surface area (Å²) >= 11 is 1.91. The van der Waals surface area contributed by atoms with E-state index in [0.29, 0.717) is 13.0 Å². The molecule has 4 heteroatoms. The van der Waals surface area contributed by atoms with E-state index in [9.17, 15) is 4.79 Å². The maximum atomic E-state index is 10.8. The van der Waals surface area contributed by atoms with Crippen LogP contribution < -0.4 is 0 Å². The van der Waals surface area contributed by atoms with Gasteiger partial charge in [0.2, 0.25) is 0 Å². The maximum absolute atomic E-state index is 10.8. The molecule has 0 aromatic carbocycles. The summed E-state index contributed by atoms with van der Waals surface area (Å²) in [7, 11) is 0. The Hall–Kier alpha value is -0.220. The van der Waals surface area contributed by atoms with E-state index in [1.807, 2.05) is 18.7 Å². The number of carboxylic acid groups (broad SMARTS) is 1. The normalized spacial score (nSPS) is 19.3. The molecule has 1 unspecified atom stereocenters. The third kappa shape index (κ3) is 4.89. The van der Waals surface area contributed by atoms with Crippen molar-refractivity contribution < 1.29 is 14.6 Å². The van der Waals surface area contributed by atoms with Crippen LogP contribution in [0.15, 0.2) is 0 Å². The van der Waals surface area contributed by atoms with Crippen LogP contribution in [-0.2, 0) is 9.53 Å². The number of carbonyl (C=O) groups is 1. The number of ether oxygens (including phenoxy) is 1. The Bertz CT molecular complexity index is 190. The Labute approximate surface area is 95.6 Å². The standard InChI is InChI=1S/C11H20O3S/c1-2-14-10(11(12)13)7-8-15-9-5-3-4-6-9/h9-10H,2-8H2,1H3,(H,12,13). The number of thioether (sulfide) groups is 1. The van der Waals surface area contributed by atoms with Crippen LogP contribution in [0.3, 0.4) is 0 Å². The fraction of sp³-hybridized carbons (Fsp3) is 0.909. The molecule has 0 amide bonds. The van der Waals surface area contributed by atoms with Gasteiger partial charge in [-0.25, -0.2) is 4.79 Å².